The van der Waals surface area contributed by atoms with E-state index < -0.39 is 5.97 Å². The number of esters is 1. The van der Waals surface area contributed by atoms with E-state index in [2.05, 4.69) is 10.2 Å². The average molecular weight is 247 g/mol. The highest BCUT2D eigenvalue weighted by molar-refractivity contribution is 5.83. The van der Waals surface area contributed by atoms with Crippen LogP contribution >= 0.6 is 0 Å². The Labute approximate surface area is 104 Å². The van der Waals surface area contributed by atoms with Crippen molar-refractivity contribution in [2.45, 2.75) is 13.3 Å². The van der Waals surface area contributed by atoms with Gasteiger partial charge in [0.1, 0.15) is 0 Å². The van der Waals surface area contributed by atoms with Crippen molar-refractivity contribution in [1.82, 2.24) is 10.2 Å². The number of carbonyl (C=O) groups is 1. The number of aromatic nitrogens is 2. The normalized spacial score (nSPS) is 10.3. The zero-order valence-corrected chi connectivity index (χ0v) is 9.92. The fourth-order valence-electron chi connectivity index (χ4n) is 1.41. The smallest absolute Gasteiger partial charge is 0.396 e. The lowest BCUT2D eigenvalue weighted by atomic mass is 10.1. The van der Waals surface area contributed by atoms with Gasteiger partial charge in [-0.25, -0.2) is 4.79 Å². The van der Waals surface area contributed by atoms with Crippen LogP contribution in [0.25, 0.3) is 0 Å². The largest absolute Gasteiger partial charge is 0.459 e. The van der Waals surface area contributed by atoms with E-state index in [1.54, 1.807) is 19.1 Å². The zero-order chi connectivity index (χ0) is 13.0. The van der Waals surface area contributed by atoms with Gasteiger partial charge in [-0.15, -0.1) is 10.2 Å². The lowest BCUT2D eigenvalue weighted by Gasteiger charge is -1.97. The van der Waals surface area contributed by atoms with Crippen LogP contribution < -0.4 is 5.73 Å². The molecule has 6 heteroatoms. The molecule has 0 unspecified atom stereocenters. The van der Waals surface area contributed by atoms with Gasteiger partial charge in [0.15, 0.2) is 0 Å². The summed E-state index contributed by atoms with van der Waals surface area (Å²) in [4.78, 5) is 11.3. The third-order valence-electron chi connectivity index (χ3n) is 2.25. The number of nitrogen functional groups attached to an aromatic ring is 1. The molecule has 0 bridgehead atoms. The summed E-state index contributed by atoms with van der Waals surface area (Å²) in [7, 11) is 0. The van der Waals surface area contributed by atoms with Crippen LogP contribution in [0.3, 0.4) is 0 Å². The van der Waals surface area contributed by atoms with Crippen LogP contribution in [0, 0.1) is 0 Å². The molecule has 6 nitrogen and oxygen atoms in total. The van der Waals surface area contributed by atoms with Crippen molar-refractivity contribution in [3.63, 3.8) is 0 Å². The zero-order valence-electron chi connectivity index (χ0n) is 9.92. The summed E-state index contributed by atoms with van der Waals surface area (Å²) >= 11 is 0. The van der Waals surface area contributed by atoms with Crippen LogP contribution in [0.5, 0.6) is 0 Å². The van der Waals surface area contributed by atoms with Crippen LogP contribution in [-0.4, -0.2) is 22.8 Å². The molecule has 1 aromatic heterocycles. The highest BCUT2D eigenvalue weighted by atomic mass is 16.5. The van der Waals surface area contributed by atoms with Gasteiger partial charge in [0, 0.05) is 5.69 Å². The highest BCUT2D eigenvalue weighted by Gasteiger charge is 2.15. The molecule has 0 aliphatic heterocycles. The van der Waals surface area contributed by atoms with E-state index in [1.807, 2.05) is 12.1 Å². The Balaban J connectivity index is 2.06. The second-order valence-corrected chi connectivity index (χ2v) is 3.64. The quantitative estimate of drug-likeness (QED) is 0.649. The third kappa shape index (κ3) is 2.85. The molecular weight excluding hydrogens is 234 g/mol. The molecule has 0 fully saturated rings. The summed E-state index contributed by atoms with van der Waals surface area (Å²) in [6, 6.07) is 7.31. The molecule has 0 amide bonds. The third-order valence-corrected chi connectivity index (χ3v) is 2.25. The number of rotatable bonds is 4. The van der Waals surface area contributed by atoms with E-state index in [4.69, 9.17) is 14.9 Å². The van der Waals surface area contributed by atoms with E-state index >= 15 is 0 Å². The summed E-state index contributed by atoms with van der Waals surface area (Å²) in [5, 5.41) is 7.42. The topological polar surface area (TPSA) is 91.2 Å². The predicted octanol–water partition coefficient (Wildman–Crippen LogP) is 1.42. The molecule has 0 saturated heterocycles. The minimum atomic E-state index is -0.603. The first kappa shape index (κ1) is 12.1. The van der Waals surface area contributed by atoms with Gasteiger partial charge in [-0.2, -0.15) is 0 Å². The van der Waals surface area contributed by atoms with Crippen molar-refractivity contribution in [1.29, 1.82) is 0 Å². The molecule has 2 aromatic rings. The maximum atomic E-state index is 11.3. The molecule has 1 aromatic carbocycles. The number of anilines is 1. The number of ether oxygens (including phenoxy) is 1. The SMILES string of the molecule is CCOC(=O)c1nnc(Cc2ccc(N)cc2)o1. The molecule has 0 radical (unpaired) electrons. The van der Waals surface area contributed by atoms with E-state index in [0.717, 1.165) is 5.56 Å². The van der Waals surface area contributed by atoms with Crippen molar-refractivity contribution >= 4 is 11.7 Å². The Kier molecular flexibility index (Phi) is 3.57. The number of hydrogen-bond donors (Lipinski definition) is 1. The van der Waals surface area contributed by atoms with Gasteiger partial charge in [0.2, 0.25) is 5.89 Å². The summed E-state index contributed by atoms with van der Waals surface area (Å²) in [6.45, 7) is 1.98. The van der Waals surface area contributed by atoms with Crippen molar-refractivity contribution in [2.24, 2.45) is 0 Å². The van der Waals surface area contributed by atoms with Gasteiger partial charge in [-0.3, -0.25) is 0 Å². The van der Waals surface area contributed by atoms with E-state index in [0.29, 0.717) is 18.0 Å². The fraction of sp³-hybridized carbons (Fsp3) is 0.250. The van der Waals surface area contributed by atoms with Gasteiger partial charge in [0.25, 0.3) is 0 Å². The summed E-state index contributed by atoms with van der Waals surface area (Å²) in [5.41, 5.74) is 7.25. The number of nitrogens with two attached hydrogens (primary N) is 1. The van der Waals surface area contributed by atoms with Crippen LogP contribution in [0.1, 0.15) is 29.1 Å². The van der Waals surface area contributed by atoms with Gasteiger partial charge in [-0.05, 0) is 24.6 Å². The monoisotopic (exact) mass is 247 g/mol. The first-order valence-corrected chi connectivity index (χ1v) is 5.53. The minimum Gasteiger partial charge on any atom is -0.459 e. The summed E-state index contributed by atoms with van der Waals surface area (Å²) < 4.78 is 9.96. The van der Waals surface area contributed by atoms with E-state index in [-0.39, 0.29) is 12.5 Å². The molecule has 0 atom stereocenters. The first-order valence-electron chi connectivity index (χ1n) is 5.53. The second kappa shape index (κ2) is 5.31. The Bertz CT molecular complexity index is 534. The van der Waals surface area contributed by atoms with Crippen LogP contribution in [0.4, 0.5) is 5.69 Å². The Morgan fingerprint density at radius 1 is 1.33 bits per heavy atom. The predicted molar refractivity (Wildman–Crippen MR) is 63.9 cm³/mol. The van der Waals surface area contributed by atoms with Crippen molar-refractivity contribution in [3.8, 4) is 0 Å². The molecule has 94 valence electrons. The van der Waals surface area contributed by atoms with Gasteiger partial charge in [-0.1, -0.05) is 12.1 Å². The Morgan fingerprint density at radius 3 is 2.72 bits per heavy atom. The fourth-order valence-corrected chi connectivity index (χ4v) is 1.41. The maximum absolute atomic E-state index is 11.3. The average Bonchev–Trinajstić information content (AvgIpc) is 2.81. The molecule has 0 aliphatic rings. The summed E-state index contributed by atoms with van der Waals surface area (Å²) in [5.74, 6) is -0.362. The molecule has 0 aliphatic carbocycles. The molecule has 18 heavy (non-hydrogen) atoms. The number of benzene rings is 1. The van der Waals surface area contributed by atoms with Crippen molar-refractivity contribution in [3.05, 3.63) is 41.6 Å². The lowest BCUT2D eigenvalue weighted by Crippen LogP contribution is -2.04. The summed E-state index contributed by atoms with van der Waals surface area (Å²) in [6.07, 6.45) is 0.451. The van der Waals surface area contributed by atoms with Gasteiger partial charge in [0.05, 0.1) is 13.0 Å². The van der Waals surface area contributed by atoms with Crippen molar-refractivity contribution in [2.75, 3.05) is 12.3 Å². The number of nitrogens with zero attached hydrogens (tertiary/aromatic N) is 2. The Hall–Kier alpha value is -2.37. The first-order chi connectivity index (χ1) is 8.69. The molecular formula is C12H13N3O3. The minimum absolute atomic E-state index is 0.123. The van der Waals surface area contributed by atoms with E-state index in [1.165, 1.54) is 0 Å². The van der Waals surface area contributed by atoms with E-state index in [9.17, 15) is 4.79 Å². The van der Waals surface area contributed by atoms with Crippen LogP contribution in [-0.2, 0) is 11.2 Å². The molecule has 0 saturated carbocycles. The van der Waals surface area contributed by atoms with Gasteiger partial charge >= 0.3 is 11.9 Å². The molecule has 2 rings (SSSR count). The molecule has 0 spiro atoms. The molecule has 2 N–H and O–H groups in total. The Morgan fingerprint density at radius 2 is 2.06 bits per heavy atom. The van der Waals surface area contributed by atoms with Gasteiger partial charge < -0.3 is 14.9 Å². The maximum Gasteiger partial charge on any atom is 0.396 e. The molecule has 1 heterocycles. The van der Waals surface area contributed by atoms with Crippen LogP contribution in [0.15, 0.2) is 28.7 Å². The lowest BCUT2D eigenvalue weighted by molar-refractivity contribution is 0.0479. The second-order valence-electron chi connectivity index (χ2n) is 3.64. The number of hydrogen-bond acceptors (Lipinski definition) is 6. The highest BCUT2D eigenvalue weighted by Crippen LogP contribution is 2.11. The van der Waals surface area contributed by atoms with Crippen molar-refractivity contribution < 1.29 is 13.9 Å². The standard InChI is InChI=1S/C12H13N3O3/c1-2-17-12(16)11-15-14-10(18-11)7-8-3-5-9(13)6-4-8/h3-6H,2,7,13H2,1H3. The van der Waals surface area contributed by atoms with Crippen LogP contribution in [0.2, 0.25) is 0 Å². The number of carbonyl (C=O) groups excluding carboxylic acids is 1.